The van der Waals surface area contributed by atoms with Crippen LogP contribution in [0.4, 0.5) is 11.4 Å². The SMILES string of the molecule is CN1CCN(CC(O)COc2cccc3[nH]ccc23)c2ccccc21. The van der Waals surface area contributed by atoms with Gasteiger partial charge in [0, 0.05) is 43.8 Å². The molecule has 4 rings (SSSR count). The predicted octanol–water partition coefficient (Wildman–Crippen LogP) is 2.86. The Morgan fingerprint density at radius 2 is 1.92 bits per heavy atom. The van der Waals surface area contributed by atoms with E-state index in [1.165, 1.54) is 11.4 Å². The second-order valence-electron chi connectivity index (χ2n) is 6.52. The lowest BCUT2D eigenvalue weighted by atomic mass is 10.1. The average molecular weight is 337 g/mol. The van der Waals surface area contributed by atoms with Crippen LogP contribution in [-0.2, 0) is 0 Å². The van der Waals surface area contributed by atoms with Gasteiger partial charge in [-0.1, -0.05) is 18.2 Å². The topological polar surface area (TPSA) is 51.7 Å². The van der Waals surface area contributed by atoms with Gasteiger partial charge in [0.15, 0.2) is 0 Å². The molecule has 130 valence electrons. The molecule has 5 heteroatoms. The minimum atomic E-state index is -0.550. The zero-order chi connectivity index (χ0) is 17.2. The Morgan fingerprint density at radius 1 is 1.08 bits per heavy atom. The van der Waals surface area contributed by atoms with Crippen molar-refractivity contribution in [3.05, 3.63) is 54.7 Å². The summed E-state index contributed by atoms with van der Waals surface area (Å²) in [7, 11) is 2.10. The predicted molar refractivity (Wildman–Crippen MR) is 102 cm³/mol. The molecule has 5 nitrogen and oxygen atoms in total. The maximum Gasteiger partial charge on any atom is 0.128 e. The number of hydrogen-bond acceptors (Lipinski definition) is 4. The third-order valence-electron chi connectivity index (χ3n) is 4.76. The Bertz CT molecular complexity index is 861. The first-order chi connectivity index (χ1) is 12.2. The molecule has 1 aliphatic rings. The van der Waals surface area contributed by atoms with E-state index in [9.17, 15) is 5.11 Å². The molecule has 2 aromatic carbocycles. The number of aliphatic hydroxyl groups excluding tert-OH is 1. The van der Waals surface area contributed by atoms with Crippen LogP contribution in [0.25, 0.3) is 10.9 Å². The van der Waals surface area contributed by atoms with E-state index in [4.69, 9.17) is 4.74 Å². The summed E-state index contributed by atoms with van der Waals surface area (Å²) >= 11 is 0. The number of hydrogen-bond donors (Lipinski definition) is 2. The first kappa shape index (κ1) is 15.8. The molecule has 1 aromatic heterocycles. The first-order valence-corrected chi connectivity index (χ1v) is 8.64. The van der Waals surface area contributed by atoms with E-state index in [-0.39, 0.29) is 6.61 Å². The van der Waals surface area contributed by atoms with Crippen molar-refractivity contribution >= 4 is 22.3 Å². The number of aromatic nitrogens is 1. The standard InChI is InChI=1S/C20H23N3O2/c1-22-11-12-23(19-7-3-2-6-18(19)22)13-15(24)14-25-20-8-4-5-17-16(20)9-10-21-17/h2-10,15,21,24H,11-14H2,1H3. The Labute approximate surface area is 147 Å². The van der Waals surface area contributed by atoms with E-state index >= 15 is 0 Å². The van der Waals surface area contributed by atoms with E-state index in [1.807, 2.05) is 36.5 Å². The van der Waals surface area contributed by atoms with Crippen LogP contribution >= 0.6 is 0 Å². The molecule has 1 atom stereocenters. The van der Waals surface area contributed by atoms with Crippen LogP contribution in [0.5, 0.6) is 5.75 Å². The van der Waals surface area contributed by atoms with Crippen molar-refractivity contribution in [3.8, 4) is 5.75 Å². The molecule has 0 spiro atoms. The zero-order valence-electron chi connectivity index (χ0n) is 14.4. The smallest absolute Gasteiger partial charge is 0.128 e. The van der Waals surface area contributed by atoms with E-state index < -0.39 is 6.10 Å². The lowest BCUT2D eigenvalue weighted by Gasteiger charge is -2.37. The van der Waals surface area contributed by atoms with E-state index in [0.29, 0.717) is 6.54 Å². The molecule has 2 heterocycles. The first-order valence-electron chi connectivity index (χ1n) is 8.64. The lowest BCUT2D eigenvalue weighted by molar-refractivity contribution is 0.113. The van der Waals surface area contributed by atoms with Gasteiger partial charge in [0.2, 0.25) is 0 Å². The van der Waals surface area contributed by atoms with Gasteiger partial charge in [-0.3, -0.25) is 0 Å². The molecule has 2 N–H and O–H groups in total. The van der Waals surface area contributed by atoms with Gasteiger partial charge >= 0.3 is 0 Å². The highest BCUT2D eigenvalue weighted by Crippen LogP contribution is 2.31. The Morgan fingerprint density at radius 3 is 2.80 bits per heavy atom. The van der Waals surface area contributed by atoms with E-state index in [2.05, 4.69) is 40.0 Å². The number of anilines is 2. The van der Waals surface area contributed by atoms with Crippen LogP contribution in [0, 0.1) is 0 Å². The molecule has 0 fully saturated rings. The normalized spacial score (nSPS) is 15.3. The second-order valence-corrected chi connectivity index (χ2v) is 6.52. The largest absolute Gasteiger partial charge is 0.490 e. The summed E-state index contributed by atoms with van der Waals surface area (Å²) in [6.45, 7) is 2.69. The third kappa shape index (κ3) is 3.15. The Kier molecular flexibility index (Phi) is 4.24. The molecule has 0 bridgehead atoms. The van der Waals surface area contributed by atoms with Gasteiger partial charge in [-0.25, -0.2) is 0 Å². The van der Waals surface area contributed by atoms with Gasteiger partial charge < -0.3 is 24.6 Å². The fourth-order valence-corrected chi connectivity index (χ4v) is 3.43. The van der Waals surface area contributed by atoms with Crippen molar-refractivity contribution in [2.45, 2.75) is 6.10 Å². The lowest BCUT2D eigenvalue weighted by Crippen LogP contribution is -2.44. The van der Waals surface area contributed by atoms with Gasteiger partial charge in [-0.2, -0.15) is 0 Å². The average Bonchev–Trinajstić information content (AvgIpc) is 3.12. The molecule has 3 aromatic rings. The number of fused-ring (bicyclic) bond motifs is 2. The summed E-state index contributed by atoms with van der Waals surface area (Å²) in [4.78, 5) is 7.66. The number of aromatic amines is 1. The molecule has 1 aliphatic heterocycles. The third-order valence-corrected chi connectivity index (χ3v) is 4.76. The number of nitrogens with zero attached hydrogens (tertiary/aromatic N) is 2. The van der Waals surface area contributed by atoms with Gasteiger partial charge in [-0.05, 0) is 30.3 Å². The maximum absolute atomic E-state index is 10.5. The summed E-state index contributed by atoms with van der Waals surface area (Å²) in [5.74, 6) is 0.802. The van der Waals surface area contributed by atoms with Crippen molar-refractivity contribution in [1.29, 1.82) is 0 Å². The van der Waals surface area contributed by atoms with Crippen molar-refractivity contribution in [3.63, 3.8) is 0 Å². The monoisotopic (exact) mass is 337 g/mol. The molecular weight excluding hydrogens is 314 g/mol. The molecule has 0 radical (unpaired) electrons. The molecule has 0 saturated heterocycles. The number of ether oxygens (including phenoxy) is 1. The molecule has 0 aliphatic carbocycles. The number of aliphatic hydroxyl groups is 1. The summed E-state index contributed by atoms with van der Waals surface area (Å²) in [6, 6.07) is 16.2. The van der Waals surface area contributed by atoms with Gasteiger partial charge in [-0.15, -0.1) is 0 Å². The number of H-pyrrole nitrogens is 1. The van der Waals surface area contributed by atoms with Crippen LogP contribution < -0.4 is 14.5 Å². The fraction of sp³-hybridized carbons (Fsp3) is 0.300. The summed E-state index contributed by atoms with van der Waals surface area (Å²) in [5.41, 5.74) is 3.42. The molecule has 0 saturated carbocycles. The van der Waals surface area contributed by atoms with Gasteiger partial charge in [0.1, 0.15) is 18.5 Å². The van der Waals surface area contributed by atoms with Crippen molar-refractivity contribution < 1.29 is 9.84 Å². The van der Waals surface area contributed by atoms with E-state index in [0.717, 1.165) is 29.7 Å². The Hall–Kier alpha value is -2.66. The number of likely N-dealkylation sites (N-methyl/N-ethyl adjacent to an activating group) is 1. The van der Waals surface area contributed by atoms with Crippen LogP contribution in [0.15, 0.2) is 54.7 Å². The molecule has 1 unspecified atom stereocenters. The van der Waals surface area contributed by atoms with Crippen LogP contribution in [0.3, 0.4) is 0 Å². The second kappa shape index (κ2) is 6.69. The van der Waals surface area contributed by atoms with Crippen LogP contribution in [0.1, 0.15) is 0 Å². The Balaban J connectivity index is 1.42. The number of benzene rings is 2. The van der Waals surface area contributed by atoms with Crippen LogP contribution in [0.2, 0.25) is 0 Å². The molecule has 0 amide bonds. The highest BCUT2D eigenvalue weighted by molar-refractivity contribution is 5.85. The van der Waals surface area contributed by atoms with Crippen molar-refractivity contribution in [2.24, 2.45) is 0 Å². The highest BCUT2D eigenvalue weighted by atomic mass is 16.5. The summed E-state index contributed by atoms with van der Waals surface area (Å²) in [6.07, 6.45) is 1.35. The minimum absolute atomic E-state index is 0.277. The quantitative estimate of drug-likeness (QED) is 0.752. The minimum Gasteiger partial charge on any atom is -0.490 e. The van der Waals surface area contributed by atoms with Gasteiger partial charge in [0.05, 0.1) is 11.4 Å². The van der Waals surface area contributed by atoms with Crippen molar-refractivity contribution in [1.82, 2.24) is 4.98 Å². The van der Waals surface area contributed by atoms with Crippen molar-refractivity contribution in [2.75, 3.05) is 43.1 Å². The zero-order valence-corrected chi connectivity index (χ0v) is 14.4. The highest BCUT2D eigenvalue weighted by Gasteiger charge is 2.22. The number of nitrogens with one attached hydrogen (secondary N) is 1. The number of para-hydroxylation sites is 2. The number of β-amino-alcohol motifs (C(OH)–C–C–N with tert-alkyl or cyclic N) is 1. The van der Waals surface area contributed by atoms with Gasteiger partial charge in [0.25, 0.3) is 0 Å². The maximum atomic E-state index is 10.5. The number of rotatable bonds is 5. The van der Waals surface area contributed by atoms with Crippen LogP contribution in [-0.4, -0.2) is 49.5 Å². The summed E-state index contributed by atoms with van der Waals surface area (Å²) in [5, 5.41) is 11.5. The molecular formula is C20H23N3O2. The fourth-order valence-electron chi connectivity index (χ4n) is 3.43. The molecule has 25 heavy (non-hydrogen) atoms. The van der Waals surface area contributed by atoms with E-state index in [1.54, 1.807) is 0 Å². The summed E-state index contributed by atoms with van der Waals surface area (Å²) < 4.78 is 5.88.